The molecule has 0 atom stereocenters. The molecule has 0 aliphatic carbocycles. The van der Waals surface area contributed by atoms with Gasteiger partial charge in [-0.3, -0.25) is 9.59 Å². The normalized spacial score (nSPS) is 10.2. The van der Waals surface area contributed by atoms with Crippen LogP contribution in [0.25, 0.3) is 0 Å². The highest BCUT2D eigenvalue weighted by atomic mass is 16.1. The second-order valence-electron chi connectivity index (χ2n) is 5.44. The predicted molar refractivity (Wildman–Crippen MR) is 93.9 cm³/mol. The van der Waals surface area contributed by atoms with Crippen LogP contribution in [0.1, 0.15) is 31.8 Å². The molecule has 0 saturated carbocycles. The zero-order valence-electron chi connectivity index (χ0n) is 13.1. The van der Waals surface area contributed by atoms with Gasteiger partial charge in [-0.1, -0.05) is 72.8 Å². The average Bonchev–Trinajstić information content (AvgIpc) is 2.67. The molecule has 3 rings (SSSR count). The van der Waals surface area contributed by atoms with Gasteiger partial charge in [0.05, 0.1) is 0 Å². The van der Waals surface area contributed by atoms with E-state index >= 15 is 0 Å². The fraction of sp³-hybridized carbons (Fsp3) is 0.0476. The molecular weight excluding hydrogens is 298 g/mol. The molecule has 0 radical (unpaired) electrons. The van der Waals surface area contributed by atoms with Crippen LogP contribution in [0.2, 0.25) is 0 Å². The van der Waals surface area contributed by atoms with Crippen molar-refractivity contribution >= 4 is 11.7 Å². The molecule has 1 N–H and O–H groups in total. The number of ketones is 1. The quantitative estimate of drug-likeness (QED) is 0.727. The van der Waals surface area contributed by atoms with Gasteiger partial charge in [0.25, 0.3) is 5.91 Å². The summed E-state index contributed by atoms with van der Waals surface area (Å²) < 4.78 is 0. The fourth-order valence-electron chi connectivity index (χ4n) is 2.41. The smallest absolute Gasteiger partial charge is 0.251 e. The van der Waals surface area contributed by atoms with Crippen LogP contribution in [0, 0.1) is 0 Å². The van der Waals surface area contributed by atoms with Crippen molar-refractivity contribution in [2.75, 3.05) is 0 Å². The Kier molecular flexibility index (Phi) is 4.82. The molecule has 118 valence electrons. The minimum absolute atomic E-state index is 0.0492. The largest absolute Gasteiger partial charge is 0.348 e. The molecule has 3 aromatic carbocycles. The molecule has 3 nitrogen and oxygen atoms in total. The molecule has 0 spiro atoms. The van der Waals surface area contributed by atoms with Crippen LogP contribution in [-0.4, -0.2) is 11.7 Å². The number of hydrogen-bond acceptors (Lipinski definition) is 2. The number of carbonyl (C=O) groups is 2. The number of benzene rings is 3. The van der Waals surface area contributed by atoms with Crippen molar-refractivity contribution in [2.45, 2.75) is 6.54 Å². The summed E-state index contributed by atoms with van der Waals surface area (Å²) in [6.45, 7) is 0.477. The first-order valence-electron chi connectivity index (χ1n) is 7.76. The Morgan fingerprint density at radius 1 is 0.625 bits per heavy atom. The fourth-order valence-corrected chi connectivity index (χ4v) is 2.41. The van der Waals surface area contributed by atoms with Gasteiger partial charge in [0.2, 0.25) is 0 Å². The van der Waals surface area contributed by atoms with E-state index in [1.807, 2.05) is 48.5 Å². The maximum absolute atomic E-state index is 12.3. The lowest BCUT2D eigenvalue weighted by molar-refractivity contribution is 0.0949. The standard InChI is InChI=1S/C21H17NO2/c23-20(17-9-5-2-6-10-17)18-11-13-19(14-12-18)21(24)22-15-16-7-3-1-4-8-16/h1-14H,15H2,(H,22,24). The van der Waals surface area contributed by atoms with Crippen LogP contribution in [0.3, 0.4) is 0 Å². The van der Waals surface area contributed by atoms with Gasteiger partial charge in [0.15, 0.2) is 5.78 Å². The molecule has 3 heteroatoms. The van der Waals surface area contributed by atoms with E-state index in [2.05, 4.69) is 5.32 Å². The van der Waals surface area contributed by atoms with E-state index in [9.17, 15) is 9.59 Å². The third kappa shape index (κ3) is 3.76. The summed E-state index contributed by atoms with van der Waals surface area (Å²) in [7, 11) is 0. The summed E-state index contributed by atoms with van der Waals surface area (Å²) in [5.74, 6) is -0.204. The summed E-state index contributed by atoms with van der Waals surface area (Å²) in [5, 5.41) is 2.87. The van der Waals surface area contributed by atoms with Crippen molar-refractivity contribution in [3.05, 3.63) is 107 Å². The van der Waals surface area contributed by atoms with E-state index in [-0.39, 0.29) is 11.7 Å². The Morgan fingerprint density at radius 3 is 1.75 bits per heavy atom. The van der Waals surface area contributed by atoms with Crippen LogP contribution in [-0.2, 0) is 6.54 Å². The summed E-state index contributed by atoms with van der Waals surface area (Å²) in [5.41, 5.74) is 2.79. The van der Waals surface area contributed by atoms with Gasteiger partial charge in [-0.25, -0.2) is 0 Å². The number of carbonyl (C=O) groups excluding carboxylic acids is 2. The molecule has 0 aliphatic heterocycles. The third-order valence-corrected chi connectivity index (χ3v) is 3.74. The lowest BCUT2D eigenvalue weighted by atomic mass is 10.0. The molecule has 0 fully saturated rings. The second kappa shape index (κ2) is 7.38. The van der Waals surface area contributed by atoms with Crippen LogP contribution >= 0.6 is 0 Å². The highest BCUT2D eigenvalue weighted by Crippen LogP contribution is 2.11. The first kappa shape index (κ1) is 15.7. The molecule has 1 amide bonds. The zero-order valence-corrected chi connectivity index (χ0v) is 13.1. The molecule has 3 aromatic rings. The molecule has 0 bridgehead atoms. The van der Waals surface area contributed by atoms with Crippen LogP contribution in [0.5, 0.6) is 0 Å². The topological polar surface area (TPSA) is 46.2 Å². The van der Waals surface area contributed by atoms with E-state index in [1.54, 1.807) is 36.4 Å². The second-order valence-corrected chi connectivity index (χ2v) is 5.44. The molecule has 0 aromatic heterocycles. The van der Waals surface area contributed by atoms with Crippen molar-refractivity contribution < 1.29 is 9.59 Å². The van der Waals surface area contributed by atoms with Gasteiger partial charge in [0.1, 0.15) is 0 Å². The first-order valence-corrected chi connectivity index (χ1v) is 7.76. The maximum atomic E-state index is 12.3. The molecule has 0 aliphatic rings. The van der Waals surface area contributed by atoms with E-state index in [0.29, 0.717) is 23.2 Å². The molecule has 0 saturated heterocycles. The SMILES string of the molecule is O=C(NCc1ccccc1)c1ccc(C(=O)c2ccccc2)cc1. The summed E-state index contributed by atoms with van der Waals surface area (Å²) in [6, 6.07) is 25.6. The Labute approximate surface area is 141 Å². The summed E-state index contributed by atoms with van der Waals surface area (Å²) in [6.07, 6.45) is 0. The van der Waals surface area contributed by atoms with E-state index < -0.39 is 0 Å². The zero-order chi connectivity index (χ0) is 16.8. The van der Waals surface area contributed by atoms with E-state index in [0.717, 1.165) is 5.56 Å². The minimum atomic E-state index is -0.155. The molecular formula is C21H17NO2. The van der Waals surface area contributed by atoms with Gasteiger partial charge in [-0.05, 0) is 17.7 Å². The van der Waals surface area contributed by atoms with E-state index in [4.69, 9.17) is 0 Å². The number of hydrogen-bond donors (Lipinski definition) is 1. The van der Waals surface area contributed by atoms with Gasteiger partial charge < -0.3 is 5.32 Å². The highest BCUT2D eigenvalue weighted by Gasteiger charge is 2.10. The Hall–Kier alpha value is -3.20. The number of amides is 1. The van der Waals surface area contributed by atoms with Gasteiger partial charge in [-0.2, -0.15) is 0 Å². The molecule has 24 heavy (non-hydrogen) atoms. The predicted octanol–water partition coefficient (Wildman–Crippen LogP) is 3.85. The Morgan fingerprint density at radius 2 is 1.12 bits per heavy atom. The van der Waals surface area contributed by atoms with Gasteiger partial charge in [0, 0.05) is 23.2 Å². The average molecular weight is 315 g/mol. The van der Waals surface area contributed by atoms with E-state index in [1.165, 1.54) is 0 Å². The van der Waals surface area contributed by atoms with Crippen LogP contribution < -0.4 is 5.32 Å². The monoisotopic (exact) mass is 315 g/mol. The summed E-state index contributed by atoms with van der Waals surface area (Å²) in [4.78, 5) is 24.5. The third-order valence-electron chi connectivity index (χ3n) is 3.74. The number of nitrogens with one attached hydrogen (secondary N) is 1. The van der Waals surface area contributed by atoms with Crippen molar-refractivity contribution in [1.82, 2.24) is 5.32 Å². The first-order chi connectivity index (χ1) is 11.7. The van der Waals surface area contributed by atoms with Crippen LogP contribution in [0.4, 0.5) is 0 Å². The van der Waals surface area contributed by atoms with Gasteiger partial charge >= 0.3 is 0 Å². The van der Waals surface area contributed by atoms with Crippen molar-refractivity contribution in [3.63, 3.8) is 0 Å². The Balaban J connectivity index is 1.66. The summed E-state index contributed by atoms with van der Waals surface area (Å²) >= 11 is 0. The molecule has 0 heterocycles. The Bertz CT molecular complexity index is 825. The highest BCUT2D eigenvalue weighted by molar-refractivity contribution is 6.09. The van der Waals surface area contributed by atoms with Crippen molar-refractivity contribution in [1.29, 1.82) is 0 Å². The van der Waals surface area contributed by atoms with Crippen molar-refractivity contribution in [2.24, 2.45) is 0 Å². The maximum Gasteiger partial charge on any atom is 0.251 e. The van der Waals surface area contributed by atoms with Crippen LogP contribution in [0.15, 0.2) is 84.9 Å². The van der Waals surface area contributed by atoms with Gasteiger partial charge in [-0.15, -0.1) is 0 Å². The lowest BCUT2D eigenvalue weighted by Crippen LogP contribution is -2.22. The lowest BCUT2D eigenvalue weighted by Gasteiger charge is -2.06. The number of rotatable bonds is 5. The minimum Gasteiger partial charge on any atom is -0.348 e. The van der Waals surface area contributed by atoms with Crippen molar-refractivity contribution in [3.8, 4) is 0 Å². The molecule has 0 unspecified atom stereocenters.